The van der Waals surface area contributed by atoms with Crippen molar-refractivity contribution in [2.24, 2.45) is 4.99 Å². The largest absolute Gasteiger partial charge is 0.489 e. The first-order valence-corrected chi connectivity index (χ1v) is 7.90. The maximum atomic E-state index is 13.0. The van der Waals surface area contributed by atoms with Gasteiger partial charge < -0.3 is 15.4 Å². The molecule has 1 aromatic rings. The lowest BCUT2D eigenvalue weighted by Crippen LogP contribution is -2.42. The van der Waals surface area contributed by atoms with Crippen molar-refractivity contribution < 1.29 is 9.13 Å². The van der Waals surface area contributed by atoms with Gasteiger partial charge in [0.1, 0.15) is 17.7 Å². The van der Waals surface area contributed by atoms with Crippen LogP contribution in [0.5, 0.6) is 5.75 Å². The van der Waals surface area contributed by atoms with Crippen molar-refractivity contribution in [2.45, 2.75) is 13.0 Å². The number of rotatable bonds is 7. The second-order valence-corrected chi connectivity index (χ2v) is 5.24. The van der Waals surface area contributed by atoms with Crippen LogP contribution in [0.2, 0.25) is 0 Å². The molecule has 0 amide bonds. The molecule has 0 spiro atoms. The highest BCUT2D eigenvalue weighted by Crippen LogP contribution is 2.13. The van der Waals surface area contributed by atoms with Gasteiger partial charge in [0.15, 0.2) is 5.96 Å². The zero-order valence-electron chi connectivity index (χ0n) is 12.1. The van der Waals surface area contributed by atoms with Gasteiger partial charge in [-0.05, 0) is 25.3 Å². The lowest BCUT2D eigenvalue weighted by molar-refractivity contribution is 0.223. The van der Waals surface area contributed by atoms with Crippen LogP contribution in [0.3, 0.4) is 0 Å². The number of ether oxygens (including phenoxy) is 1. The Bertz CT molecular complexity index is 429. The first-order valence-electron chi connectivity index (χ1n) is 6.51. The minimum Gasteiger partial charge on any atom is -0.489 e. The lowest BCUT2D eigenvalue weighted by atomic mass is 10.3. The van der Waals surface area contributed by atoms with Gasteiger partial charge in [-0.2, -0.15) is 11.8 Å². The molecule has 112 valence electrons. The second-order valence-electron chi connectivity index (χ2n) is 4.26. The second kappa shape index (κ2) is 9.47. The third-order valence-corrected chi connectivity index (χ3v) is 3.12. The summed E-state index contributed by atoms with van der Waals surface area (Å²) in [6, 6.07) is 6.15. The maximum Gasteiger partial charge on any atom is 0.191 e. The number of hydrogen-bond donors (Lipinski definition) is 2. The summed E-state index contributed by atoms with van der Waals surface area (Å²) in [7, 11) is 1.73. The summed E-state index contributed by atoms with van der Waals surface area (Å²) in [4.78, 5) is 4.12. The molecule has 1 aromatic carbocycles. The van der Waals surface area contributed by atoms with Gasteiger partial charge in [0.05, 0.1) is 6.54 Å². The van der Waals surface area contributed by atoms with E-state index in [9.17, 15) is 4.39 Å². The van der Waals surface area contributed by atoms with Gasteiger partial charge in [0.2, 0.25) is 0 Å². The Morgan fingerprint density at radius 1 is 1.45 bits per heavy atom. The van der Waals surface area contributed by atoms with Crippen LogP contribution in [0.25, 0.3) is 0 Å². The summed E-state index contributed by atoms with van der Waals surface area (Å²) in [6.45, 7) is 3.38. The molecule has 0 saturated carbocycles. The first-order chi connectivity index (χ1) is 9.65. The third-order valence-electron chi connectivity index (χ3n) is 2.51. The van der Waals surface area contributed by atoms with Gasteiger partial charge >= 0.3 is 0 Å². The minimum atomic E-state index is -0.294. The molecule has 2 N–H and O–H groups in total. The maximum absolute atomic E-state index is 13.0. The normalized spacial score (nSPS) is 12.9. The molecular formula is C14H22FN3OS. The molecule has 1 atom stereocenters. The molecule has 1 rings (SSSR count). The van der Waals surface area contributed by atoms with Crippen molar-refractivity contribution >= 4 is 17.7 Å². The van der Waals surface area contributed by atoms with Crippen molar-refractivity contribution in [1.82, 2.24) is 10.6 Å². The van der Waals surface area contributed by atoms with Gasteiger partial charge in [-0.1, -0.05) is 6.07 Å². The number of halogens is 1. The standard InChI is InChI=1S/C14H22FN3OS/c1-11(19-13-6-4-5-12(15)9-13)10-18-14(16-2)17-7-8-20-3/h4-6,9,11H,7-8,10H2,1-3H3,(H2,16,17,18). The molecule has 0 radical (unpaired) electrons. The Morgan fingerprint density at radius 2 is 2.25 bits per heavy atom. The topological polar surface area (TPSA) is 45.7 Å². The van der Waals surface area contributed by atoms with E-state index in [1.807, 2.05) is 6.92 Å². The monoisotopic (exact) mass is 299 g/mol. The number of nitrogens with one attached hydrogen (secondary N) is 2. The van der Waals surface area contributed by atoms with Gasteiger partial charge in [0.25, 0.3) is 0 Å². The average molecular weight is 299 g/mol. The fourth-order valence-corrected chi connectivity index (χ4v) is 1.85. The number of benzene rings is 1. The number of nitrogens with zero attached hydrogens (tertiary/aromatic N) is 1. The van der Waals surface area contributed by atoms with E-state index in [0.717, 1.165) is 18.3 Å². The van der Waals surface area contributed by atoms with E-state index in [0.29, 0.717) is 12.3 Å². The van der Waals surface area contributed by atoms with Crippen LogP contribution in [-0.4, -0.2) is 44.2 Å². The summed E-state index contributed by atoms with van der Waals surface area (Å²) in [5.41, 5.74) is 0. The molecule has 0 aliphatic heterocycles. The minimum absolute atomic E-state index is 0.0871. The number of thioether (sulfide) groups is 1. The average Bonchev–Trinajstić information content (AvgIpc) is 2.42. The zero-order chi connectivity index (χ0) is 14.8. The molecule has 4 nitrogen and oxygen atoms in total. The number of aliphatic imine (C=N–C) groups is 1. The van der Waals surface area contributed by atoms with Crippen LogP contribution >= 0.6 is 11.8 Å². The Kier molecular flexibility index (Phi) is 7.87. The van der Waals surface area contributed by atoms with E-state index in [1.54, 1.807) is 30.9 Å². The van der Waals surface area contributed by atoms with Crippen LogP contribution in [0.1, 0.15) is 6.92 Å². The fourth-order valence-electron chi connectivity index (χ4n) is 1.55. The quantitative estimate of drug-likeness (QED) is 0.460. The number of hydrogen-bond acceptors (Lipinski definition) is 3. The molecule has 0 fully saturated rings. The summed E-state index contributed by atoms with van der Waals surface area (Å²) in [5.74, 6) is 2.01. The van der Waals surface area contributed by atoms with Crippen LogP contribution in [0.15, 0.2) is 29.3 Å². The molecule has 6 heteroatoms. The van der Waals surface area contributed by atoms with Crippen molar-refractivity contribution in [2.75, 3.05) is 32.1 Å². The molecule has 0 aliphatic carbocycles. The van der Waals surface area contributed by atoms with E-state index in [1.165, 1.54) is 12.1 Å². The molecule has 20 heavy (non-hydrogen) atoms. The highest BCUT2D eigenvalue weighted by molar-refractivity contribution is 7.98. The van der Waals surface area contributed by atoms with Crippen LogP contribution in [0.4, 0.5) is 4.39 Å². The van der Waals surface area contributed by atoms with Gasteiger partial charge in [-0.25, -0.2) is 4.39 Å². The molecule has 0 saturated heterocycles. The Labute approximate surface area is 124 Å². The Morgan fingerprint density at radius 3 is 2.90 bits per heavy atom. The van der Waals surface area contributed by atoms with Crippen molar-refractivity contribution in [1.29, 1.82) is 0 Å². The van der Waals surface area contributed by atoms with E-state index < -0.39 is 0 Å². The van der Waals surface area contributed by atoms with Gasteiger partial charge in [0, 0.05) is 25.4 Å². The third kappa shape index (κ3) is 6.65. The van der Waals surface area contributed by atoms with Crippen LogP contribution < -0.4 is 15.4 Å². The van der Waals surface area contributed by atoms with Crippen molar-refractivity contribution in [3.8, 4) is 5.75 Å². The predicted octanol–water partition coefficient (Wildman–Crippen LogP) is 2.12. The van der Waals surface area contributed by atoms with Gasteiger partial charge in [-0.3, -0.25) is 4.99 Å². The van der Waals surface area contributed by atoms with Crippen LogP contribution in [0, 0.1) is 5.82 Å². The first kappa shape index (κ1) is 16.6. The van der Waals surface area contributed by atoms with E-state index in [4.69, 9.17) is 4.74 Å². The molecule has 0 heterocycles. The summed E-state index contributed by atoms with van der Waals surface area (Å²) >= 11 is 1.78. The molecule has 1 unspecified atom stereocenters. The Hall–Kier alpha value is -1.43. The van der Waals surface area contributed by atoms with Crippen molar-refractivity contribution in [3.63, 3.8) is 0 Å². The fraction of sp³-hybridized carbons (Fsp3) is 0.500. The van der Waals surface area contributed by atoms with E-state index >= 15 is 0 Å². The van der Waals surface area contributed by atoms with E-state index in [2.05, 4.69) is 21.9 Å². The lowest BCUT2D eigenvalue weighted by Gasteiger charge is -2.17. The summed E-state index contributed by atoms with van der Waals surface area (Å²) in [5, 5.41) is 6.38. The van der Waals surface area contributed by atoms with Gasteiger partial charge in [-0.15, -0.1) is 0 Å². The predicted molar refractivity (Wildman–Crippen MR) is 84.2 cm³/mol. The smallest absolute Gasteiger partial charge is 0.191 e. The molecular weight excluding hydrogens is 277 g/mol. The molecule has 0 bridgehead atoms. The van der Waals surface area contributed by atoms with Crippen LogP contribution in [-0.2, 0) is 0 Å². The summed E-state index contributed by atoms with van der Waals surface area (Å²) in [6.07, 6.45) is 1.98. The van der Waals surface area contributed by atoms with Crippen molar-refractivity contribution in [3.05, 3.63) is 30.1 Å². The van der Waals surface area contributed by atoms with E-state index in [-0.39, 0.29) is 11.9 Å². The highest BCUT2D eigenvalue weighted by atomic mass is 32.2. The highest BCUT2D eigenvalue weighted by Gasteiger charge is 2.06. The molecule has 0 aromatic heterocycles. The zero-order valence-corrected chi connectivity index (χ0v) is 13.0. The summed E-state index contributed by atoms with van der Waals surface area (Å²) < 4.78 is 18.7. The molecule has 0 aliphatic rings. The SMILES string of the molecule is CN=C(NCCSC)NCC(C)Oc1cccc(F)c1. The number of guanidine groups is 1. The Balaban J connectivity index is 2.33.